The smallest absolute Gasteiger partial charge is 0.274 e. The summed E-state index contributed by atoms with van der Waals surface area (Å²) in [5.74, 6) is -0.777. The maximum atomic E-state index is 12.8. The number of non-ortho nitro benzene ring substituents is 1. The molecule has 0 radical (unpaired) electrons. The van der Waals surface area contributed by atoms with E-state index in [4.69, 9.17) is 28.6 Å². The van der Waals surface area contributed by atoms with E-state index in [0.29, 0.717) is 15.0 Å². The van der Waals surface area contributed by atoms with Crippen molar-refractivity contribution >= 4 is 63.3 Å². The number of halogens is 1. The number of carbonyl (C=O) groups excluding carboxylic acids is 1. The Morgan fingerprint density at radius 1 is 1.33 bits per heavy atom. The van der Waals surface area contributed by atoms with Gasteiger partial charge >= 0.3 is 0 Å². The lowest BCUT2D eigenvalue weighted by molar-refractivity contribution is -0.385. The number of thiocarbonyl (C=S) groups is 1. The summed E-state index contributed by atoms with van der Waals surface area (Å²) >= 11 is 12.2. The van der Waals surface area contributed by atoms with Gasteiger partial charge in [0.05, 0.1) is 28.7 Å². The molecule has 1 aliphatic heterocycles. The zero-order valence-electron chi connectivity index (χ0n) is 13.7. The molecule has 10 heteroatoms. The van der Waals surface area contributed by atoms with Crippen LogP contribution in [0.15, 0.2) is 41.3 Å². The Bertz CT molecular complexity index is 992. The van der Waals surface area contributed by atoms with E-state index >= 15 is 0 Å². The van der Waals surface area contributed by atoms with E-state index < -0.39 is 10.8 Å². The van der Waals surface area contributed by atoms with Crippen LogP contribution < -0.4 is 9.64 Å². The molecule has 1 heterocycles. The second-order valence-electron chi connectivity index (χ2n) is 5.34. The highest BCUT2D eigenvalue weighted by Crippen LogP contribution is 2.40. The van der Waals surface area contributed by atoms with Gasteiger partial charge in [0.15, 0.2) is 15.8 Å². The lowest BCUT2D eigenvalue weighted by atomic mass is 10.1. The molecule has 7 nitrogen and oxygen atoms in total. The van der Waals surface area contributed by atoms with Gasteiger partial charge in [0.1, 0.15) is 0 Å². The molecule has 0 unspecified atom stereocenters. The van der Waals surface area contributed by atoms with Crippen LogP contribution in [0, 0.1) is 10.1 Å². The zero-order chi connectivity index (χ0) is 19.7. The van der Waals surface area contributed by atoms with Gasteiger partial charge in [-0.1, -0.05) is 35.6 Å². The molecule has 27 heavy (non-hydrogen) atoms. The Hall–Kier alpha value is -2.62. The number of nitro groups is 1. The number of hydrogen-bond donors (Lipinski definition) is 1. The van der Waals surface area contributed by atoms with Crippen LogP contribution in [0.1, 0.15) is 5.56 Å². The van der Waals surface area contributed by atoms with Crippen molar-refractivity contribution in [1.29, 1.82) is 0 Å². The number of thioether (sulfide) groups is 1. The highest BCUT2D eigenvalue weighted by atomic mass is 35.5. The lowest BCUT2D eigenvalue weighted by Crippen LogP contribution is -2.27. The van der Waals surface area contributed by atoms with Crippen molar-refractivity contribution in [3.05, 3.63) is 62.0 Å². The van der Waals surface area contributed by atoms with Crippen molar-refractivity contribution < 1.29 is 19.6 Å². The molecule has 0 aliphatic carbocycles. The van der Waals surface area contributed by atoms with Gasteiger partial charge in [-0.05, 0) is 30.3 Å². The molecule has 2 aromatic rings. The van der Waals surface area contributed by atoms with E-state index in [9.17, 15) is 20.0 Å². The minimum absolute atomic E-state index is 0.0661. The number of benzene rings is 2. The summed E-state index contributed by atoms with van der Waals surface area (Å²) in [5.41, 5.74) is 0.355. The summed E-state index contributed by atoms with van der Waals surface area (Å²) in [6.07, 6.45) is 1.35. The number of nitrogens with zero attached hydrogens (tertiary/aromatic N) is 2. The van der Waals surface area contributed by atoms with Gasteiger partial charge < -0.3 is 9.84 Å². The van der Waals surface area contributed by atoms with E-state index in [1.165, 1.54) is 18.1 Å². The first-order valence-electron chi connectivity index (χ1n) is 7.40. The maximum absolute atomic E-state index is 12.8. The Balaban J connectivity index is 2.02. The van der Waals surface area contributed by atoms with E-state index in [1.807, 2.05) is 0 Å². The quantitative estimate of drug-likeness (QED) is 0.338. The molecular formula is C17H11ClN2O5S2. The predicted octanol–water partition coefficient (Wildman–Crippen LogP) is 4.37. The highest BCUT2D eigenvalue weighted by molar-refractivity contribution is 8.27. The van der Waals surface area contributed by atoms with Gasteiger partial charge in [-0.25, -0.2) is 0 Å². The molecule has 138 valence electrons. The number of methoxy groups -OCH3 is 1. The second kappa shape index (κ2) is 7.55. The SMILES string of the molecule is COc1cc([N+](=O)[O-])cc(/C=C2/SC(=S)N(c3ccc(Cl)cc3)C2=O)c1O. The highest BCUT2D eigenvalue weighted by Gasteiger charge is 2.33. The molecule has 1 amide bonds. The van der Waals surface area contributed by atoms with Crippen molar-refractivity contribution in [2.24, 2.45) is 0 Å². The van der Waals surface area contributed by atoms with Crippen molar-refractivity contribution in [1.82, 2.24) is 0 Å². The van der Waals surface area contributed by atoms with Crippen molar-refractivity contribution in [3.8, 4) is 11.5 Å². The molecule has 0 spiro atoms. The maximum Gasteiger partial charge on any atom is 0.274 e. The molecule has 1 aliphatic rings. The van der Waals surface area contributed by atoms with Gasteiger partial charge in [-0.2, -0.15) is 0 Å². The Labute approximate surface area is 168 Å². The van der Waals surface area contributed by atoms with Gasteiger partial charge in [0, 0.05) is 16.7 Å². The van der Waals surface area contributed by atoms with Gasteiger partial charge in [-0.15, -0.1) is 0 Å². The lowest BCUT2D eigenvalue weighted by Gasteiger charge is -2.14. The Morgan fingerprint density at radius 3 is 2.59 bits per heavy atom. The van der Waals surface area contributed by atoms with Crippen LogP contribution in [0.3, 0.4) is 0 Å². The number of carbonyl (C=O) groups is 1. The van der Waals surface area contributed by atoms with Crippen LogP contribution in [-0.2, 0) is 4.79 Å². The first-order chi connectivity index (χ1) is 12.8. The third-order valence-corrected chi connectivity index (χ3v) is 5.24. The number of rotatable bonds is 4. The number of anilines is 1. The minimum atomic E-state index is -0.613. The zero-order valence-corrected chi connectivity index (χ0v) is 16.1. The summed E-state index contributed by atoms with van der Waals surface area (Å²) in [6, 6.07) is 8.85. The summed E-state index contributed by atoms with van der Waals surface area (Å²) in [7, 11) is 1.28. The summed E-state index contributed by atoms with van der Waals surface area (Å²) < 4.78 is 5.26. The first-order valence-corrected chi connectivity index (χ1v) is 9.01. The monoisotopic (exact) mass is 422 g/mol. The largest absolute Gasteiger partial charge is 0.504 e. The number of aromatic hydroxyl groups is 1. The molecule has 0 bridgehead atoms. The van der Waals surface area contributed by atoms with Gasteiger partial charge in [0.2, 0.25) is 0 Å². The topological polar surface area (TPSA) is 92.9 Å². The summed E-state index contributed by atoms with van der Waals surface area (Å²) in [4.78, 5) is 24.8. The van der Waals surface area contributed by atoms with Crippen LogP contribution in [0.2, 0.25) is 5.02 Å². The second-order valence-corrected chi connectivity index (χ2v) is 7.45. The van der Waals surface area contributed by atoms with Crippen LogP contribution in [0.25, 0.3) is 6.08 Å². The van der Waals surface area contributed by atoms with Gasteiger partial charge in [0.25, 0.3) is 11.6 Å². The van der Waals surface area contributed by atoms with E-state index in [2.05, 4.69) is 0 Å². The average molecular weight is 423 g/mol. The average Bonchev–Trinajstić information content (AvgIpc) is 2.91. The van der Waals surface area contributed by atoms with Gasteiger partial charge in [-0.3, -0.25) is 19.8 Å². The number of phenolic OH excluding ortho intramolecular Hbond substituents is 1. The minimum Gasteiger partial charge on any atom is -0.504 e. The van der Waals surface area contributed by atoms with E-state index in [0.717, 1.165) is 23.9 Å². The molecule has 2 aromatic carbocycles. The predicted molar refractivity (Wildman–Crippen MR) is 108 cm³/mol. The molecule has 0 aromatic heterocycles. The molecule has 1 N–H and O–H groups in total. The number of ether oxygens (including phenoxy) is 1. The van der Waals surface area contributed by atoms with E-state index in [1.54, 1.807) is 24.3 Å². The normalized spacial score (nSPS) is 15.5. The third-order valence-electron chi connectivity index (χ3n) is 3.69. The van der Waals surface area contributed by atoms with Crippen molar-refractivity contribution in [3.63, 3.8) is 0 Å². The Kier molecular flexibility index (Phi) is 5.36. The number of nitro benzene ring substituents is 1. The number of hydrogen-bond acceptors (Lipinski definition) is 7. The van der Waals surface area contributed by atoms with E-state index in [-0.39, 0.29) is 27.7 Å². The standard InChI is InChI=1S/C17H11ClN2O5S2/c1-25-13-8-12(20(23)24)6-9(15(13)21)7-14-16(22)19(17(26)27-14)11-4-2-10(18)3-5-11/h2-8,21H,1H3/b14-7+. The number of phenols is 1. The molecular weight excluding hydrogens is 412 g/mol. The molecule has 1 saturated heterocycles. The van der Waals surface area contributed by atoms with Crippen LogP contribution >= 0.6 is 35.6 Å². The Morgan fingerprint density at radius 2 is 2.00 bits per heavy atom. The van der Waals surface area contributed by atoms with Crippen molar-refractivity contribution in [2.75, 3.05) is 12.0 Å². The summed E-state index contributed by atoms with van der Waals surface area (Å²) in [5, 5.41) is 21.9. The molecule has 0 saturated carbocycles. The summed E-state index contributed by atoms with van der Waals surface area (Å²) in [6.45, 7) is 0. The fraction of sp³-hybridized carbons (Fsp3) is 0.0588. The van der Waals surface area contributed by atoms with Crippen LogP contribution in [0.4, 0.5) is 11.4 Å². The third kappa shape index (κ3) is 3.75. The van der Waals surface area contributed by atoms with Crippen molar-refractivity contribution in [2.45, 2.75) is 0 Å². The molecule has 3 rings (SSSR count). The van der Waals surface area contributed by atoms with Crippen LogP contribution in [-0.4, -0.2) is 27.4 Å². The first kappa shape index (κ1) is 19.2. The number of amides is 1. The fourth-order valence-electron chi connectivity index (χ4n) is 2.41. The fourth-order valence-corrected chi connectivity index (χ4v) is 3.82. The van der Waals surface area contributed by atoms with Crippen LogP contribution in [0.5, 0.6) is 11.5 Å². The molecule has 1 fully saturated rings. The molecule has 0 atom stereocenters.